The maximum absolute atomic E-state index is 13.3. The summed E-state index contributed by atoms with van der Waals surface area (Å²) in [5.41, 5.74) is 4.56. The number of hydrogen-bond donors (Lipinski definition) is 0. The first-order chi connectivity index (χ1) is 19.8. The first-order valence-electron chi connectivity index (χ1n) is 15.3. The molecule has 3 unspecified atom stereocenters. The molecule has 41 heavy (non-hydrogen) atoms. The van der Waals surface area contributed by atoms with Crippen molar-refractivity contribution in [3.8, 4) is 0 Å². The molecule has 3 atom stereocenters. The number of hydrogen-bond acceptors (Lipinski definition) is 5. The van der Waals surface area contributed by atoms with Crippen molar-refractivity contribution in [3.05, 3.63) is 82.9 Å². The van der Waals surface area contributed by atoms with Gasteiger partial charge in [-0.15, -0.1) is 0 Å². The van der Waals surface area contributed by atoms with Crippen LogP contribution in [0.3, 0.4) is 0 Å². The highest BCUT2D eigenvalue weighted by Gasteiger charge is 2.28. The highest BCUT2D eigenvalue weighted by atomic mass is 32.2. The quantitative estimate of drug-likeness (QED) is 0.272. The molecular formula is C34H43N3O3S. The zero-order valence-electron chi connectivity index (χ0n) is 24.7. The highest BCUT2D eigenvalue weighted by Crippen LogP contribution is 2.34. The third-order valence-electron chi connectivity index (χ3n) is 9.29. The molecule has 0 saturated heterocycles. The van der Waals surface area contributed by atoms with E-state index in [1.165, 1.54) is 12.8 Å². The molecule has 1 aromatic heterocycles. The van der Waals surface area contributed by atoms with E-state index in [0.29, 0.717) is 11.3 Å². The molecule has 2 aliphatic rings. The van der Waals surface area contributed by atoms with E-state index >= 15 is 0 Å². The molecule has 5 rings (SSSR count). The third kappa shape index (κ3) is 6.72. The van der Waals surface area contributed by atoms with Crippen molar-refractivity contribution in [2.45, 2.75) is 88.9 Å². The van der Waals surface area contributed by atoms with Crippen molar-refractivity contribution in [1.82, 2.24) is 9.97 Å². The zero-order chi connectivity index (χ0) is 29.0. The highest BCUT2D eigenvalue weighted by molar-refractivity contribution is 7.91. The Morgan fingerprint density at radius 3 is 2.39 bits per heavy atom. The molecule has 1 saturated carbocycles. The number of sulfone groups is 1. The second kappa shape index (κ2) is 12.8. The molecule has 7 heteroatoms. The average molecular weight is 574 g/mol. The molecule has 2 heterocycles. The van der Waals surface area contributed by atoms with Crippen molar-refractivity contribution >= 4 is 21.4 Å². The van der Waals surface area contributed by atoms with E-state index in [9.17, 15) is 13.2 Å². The summed E-state index contributed by atoms with van der Waals surface area (Å²) < 4.78 is 26.3. The van der Waals surface area contributed by atoms with Gasteiger partial charge in [-0.2, -0.15) is 0 Å². The van der Waals surface area contributed by atoms with Gasteiger partial charge in [0.2, 0.25) is 0 Å². The summed E-state index contributed by atoms with van der Waals surface area (Å²) in [5.74, 6) is 2.20. The molecule has 1 fully saturated rings. The van der Waals surface area contributed by atoms with Gasteiger partial charge >= 0.3 is 0 Å². The normalized spacial score (nSPS) is 21.4. The summed E-state index contributed by atoms with van der Waals surface area (Å²) in [4.78, 5) is 24.9. The van der Waals surface area contributed by atoms with Crippen LogP contribution in [0.4, 0.5) is 5.69 Å². The van der Waals surface area contributed by atoms with Crippen molar-refractivity contribution in [2.24, 2.45) is 11.8 Å². The zero-order valence-corrected chi connectivity index (χ0v) is 25.5. The van der Waals surface area contributed by atoms with Crippen LogP contribution in [-0.4, -0.2) is 37.1 Å². The Kier molecular flexibility index (Phi) is 9.22. The Labute approximate surface area is 245 Å². The SMILES string of the molecule is CCC1CCCC(CS(=O)(=O)c2ccc(CCc3ncc4c(n3)CC(CC)c3ccccc3C(=O)N4C)cc2)CC1. The molecule has 0 N–H and O–H groups in total. The maximum atomic E-state index is 13.3. The minimum atomic E-state index is -3.30. The second-order valence-electron chi connectivity index (χ2n) is 12.0. The third-order valence-corrected chi connectivity index (χ3v) is 11.2. The molecule has 0 radical (unpaired) electrons. The van der Waals surface area contributed by atoms with Crippen molar-refractivity contribution in [2.75, 3.05) is 17.7 Å². The summed E-state index contributed by atoms with van der Waals surface area (Å²) in [5, 5.41) is 0. The Morgan fingerprint density at radius 2 is 1.63 bits per heavy atom. The number of benzene rings is 2. The minimum Gasteiger partial charge on any atom is -0.308 e. The molecule has 3 aromatic rings. The van der Waals surface area contributed by atoms with E-state index in [0.717, 1.165) is 84.8 Å². The monoisotopic (exact) mass is 573 g/mol. The number of nitrogens with zero attached hydrogens (tertiary/aromatic N) is 3. The van der Waals surface area contributed by atoms with Crippen LogP contribution in [0, 0.1) is 11.8 Å². The van der Waals surface area contributed by atoms with Crippen molar-refractivity contribution in [1.29, 1.82) is 0 Å². The number of aromatic nitrogens is 2. The lowest BCUT2D eigenvalue weighted by molar-refractivity contribution is 0.0990. The Morgan fingerprint density at radius 1 is 0.902 bits per heavy atom. The van der Waals surface area contributed by atoms with Gasteiger partial charge < -0.3 is 4.90 Å². The molecule has 218 valence electrons. The summed E-state index contributed by atoms with van der Waals surface area (Å²) in [6, 6.07) is 15.3. The molecular weight excluding hydrogens is 530 g/mol. The van der Waals surface area contributed by atoms with E-state index in [1.807, 2.05) is 30.3 Å². The predicted molar refractivity (Wildman–Crippen MR) is 164 cm³/mol. The average Bonchev–Trinajstić information content (AvgIpc) is 3.22. The lowest BCUT2D eigenvalue weighted by Gasteiger charge is -2.28. The van der Waals surface area contributed by atoms with Crippen molar-refractivity contribution < 1.29 is 13.2 Å². The summed E-state index contributed by atoms with van der Waals surface area (Å²) in [6.07, 6.45) is 11.6. The molecule has 1 aliphatic carbocycles. The summed E-state index contributed by atoms with van der Waals surface area (Å²) in [6.45, 7) is 4.40. The Bertz CT molecular complexity index is 1470. The van der Waals surface area contributed by atoms with Crippen LogP contribution in [0.5, 0.6) is 0 Å². The van der Waals surface area contributed by atoms with Gasteiger partial charge in [0.25, 0.3) is 5.91 Å². The van der Waals surface area contributed by atoms with E-state index in [2.05, 4.69) is 24.9 Å². The fourth-order valence-electron chi connectivity index (χ4n) is 6.60. The van der Waals surface area contributed by atoms with Crippen LogP contribution in [0.1, 0.15) is 97.7 Å². The smallest absolute Gasteiger partial charge is 0.258 e. The lowest BCUT2D eigenvalue weighted by Crippen LogP contribution is -2.31. The van der Waals surface area contributed by atoms with Crippen molar-refractivity contribution in [3.63, 3.8) is 0 Å². The Balaban J connectivity index is 1.25. The van der Waals surface area contributed by atoms with Gasteiger partial charge in [0.15, 0.2) is 9.84 Å². The van der Waals surface area contributed by atoms with Crippen LogP contribution in [0.2, 0.25) is 0 Å². The number of rotatable bonds is 8. The van der Waals surface area contributed by atoms with Crippen LogP contribution in [0.15, 0.2) is 59.6 Å². The fourth-order valence-corrected chi connectivity index (χ4v) is 8.30. The summed E-state index contributed by atoms with van der Waals surface area (Å²) >= 11 is 0. The van der Waals surface area contributed by atoms with Gasteiger partial charge in [0.1, 0.15) is 5.82 Å². The van der Waals surface area contributed by atoms with Gasteiger partial charge in [-0.1, -0.05) is 69.9 Å². The van der Waals surface area contributed by atoms with Crippen LogP contribution >= 0.6 is 0 Å². The molecule has 1 amide bonds. The largest absolute Gasteiger partial charge is 0.308 e. The number of aryl methyl sites for hydroxylation is 2. The number of anilines is 1. The molecule has 6 nitrogen and oxygen atoms in total. The van der Waals surface area contributed by atoms with Crippen LogP contribution < -0.4 is 4.90 Å². The van der Waals surface area contributed by atoms with Crippen LogP contribution in [0.25, 0.3) is 0 Å². The van der Waals surface area contributed by atoms with Gasteiger partial charge in [-0.3, -0.25) is 4.79 Å². The minimum absolute atomic E-state index is 0.0319. The first kappa shape index (κ1) is 29.4. The summed E-state index contributed by atoms with van der Waals surface area (Å²) in [7, 11) is -1.50. The van der Waals surface area contributed by atoms with Gasteiger partial charge in [0.05, 0.1) is 28.2 Å². The standard InChI is InChI=1S/C34H43N3O3S/c1-4-24-9-8-10-26(14-13-24)23-41(39,40)28-18-15-25(16-19-28)17-20-33-35-22-32-31(36-33)21-27(5-2)29-11-6-7-12-30(29)34(38)37(32)3/h6-7,11-12,15-16,18-19,22,24,26-27H,4-5,8-10,13-14,17,20-21,23H2,1-3H3. The van der Waals surface area contributed by atoms with Gasteiger partial charge in [-0.25, -0.2) is 18.4 Å². The predicted octanol–water partition coefficient (Wildman–Crippen LogP) is 6.97. The Hall–Kier alpha value is -3.06. The second-order valence-corrected chi connectivity index (χ2v) is 14.0. The van der Waals surface area contributed by atoms with E-state index in [1.54, 1.807) is 30.3 Å². The molecule has 1 aliphatic heterocycles. The number of amides is 1. The van der Waals surface area contributed by atoms with Gasteiger partial charge in [-0.05, 0) is 79.2 Å². The topological polar surface area (TPSA) is 80.2 Å². The number of fused-ring (bicyclic) bond motifs is 2. The number of carbonyl (C=O) groups excluding carboxylic acids is 1. The molecule has 0 spiro atoms. The molecule has 2 aromatic carbocycles. The molecule has 0 bridgehead atoms. The number of carbonyl (C=O) groups is 1. The van der Waals surface area contributed by atoms with Gasteiger partial charge in [0, 0.05) is 19.0 Å². The fraction of sp³-hybridized carbons (Fsp3) is 0.500. The van der Waals surface area contributed by atoms with E-state index in [-0.39, 0.29) is 23.5 Å². The van der Waals surface area contributed by atoms with E-state index < -0.39 is 9.84 Å². The first-order valence-corrected chi connectivity index (χ1v) is 17.0. The maximum Gasteiger partial charge on any atom is 0.258 e. The van der Waals surface area contributed by atoms with E-state index in [4.69, 9.17) is 4.98 Å². The lowest BCUT2D eigenvalue weighted by atomic mass is 9.86. The van der Waals surface area contributed by atoms with Crippen LogP contribution in [-0.2, 0) is 29.1 Å².